The predicted octanol–water partition coefficient (Wildman–Crippen LogP) is 3.93. The second-order valence-electron chi connectivity index (χ2n) is 4.72. The Morgan fingerprint density at radius 3 is 2.14 bits per heavy atom. The van der Waals surface area contributed by atoms with Gasteiger partial charge in [0, 0.05) is 0 Å². The van der Waals surface area contributed by atoms with E-state index >= 15 is 0 Å². The molecular weight excluding hydrogens is 170 g/mol. The standard InChI is InChI=1S/C13H29N/c1-5-10-13(6-2)11-8-7-9-12-14(3)4/h13H,5-12H2,1-4H3. The summed E-state index contributed by atoms with van der Waals surface area (Å²) >= 11 is 0. The van der Waals surface area contributed by atoms with Crippen molar-refractivity contribution in [3.63, 3.8) is 0 Å². The molecule has 0 bridgehead atoms. The van der Waals surface area contributed by atoms with Crippen LogP contribution in [0.2, 0.25) is 0 Å². The number of hydrogen-bond acceptors (Lipinski definition) is 1. The fourth-order valence-corrected chi connectivity index (χ4v) is 2.00. The molecule has 0 fully saturated rings. The van der Waals surface area contributed by atoms with Gasteiger partial charge in [-0.15, -0.1) is 0 Å². The van der Waals surface area contributed by atoms with E-state index in [0.717, 1.165) is 5.92 Å². The normalized spacial score (nSPS) is 13.5. The van der Waals surface area contributed by atoms with Crippen molar-refractivity contribution in [2.24, 2.45) is 5.92 Å². The molecule has 0 aliphatic heterocycles. The van der Waals surface area contributed by atoms with Crippen molar-refractivity contribution < 1.29 is 0 Å². The zero-order chi connectivity index (χ0) is 10.8. The molecule has 1 unspecified atom stereocenters. The van der Waals surface area contributed by atoms with Gasteiger partial charge in [-0.2, -0.15) is 0 Å². The van der Waals surface area contributed by atoms with Gasteiger partial charge in [0.05, 0.1) is 0 Å². The first kappa shape index (κ1) is 14.0. The van der Waals surface area contributed by atoms with Gasteiger partial charge in [0.15, 0.2) is 0 Å². The fourth-order valence-electron chi connectivity index (χ4n) is 2.00. The summed E-state index contributed by atoms with van der Waals surface area (Å²) in [6, 6.07) is 0. The summed E-state index contributed by atoms with van der Waals surface area (Å²) in [5.74, 6) is 0.999. The van der Waals surface area contributed by atoms with Gasteiger partial charge in [-0.1, -0.05) is 52.4 Å². The van der Waals surface area contributed by atoms with Gasteiger partial charge in [0.2, 0.25) is 0 Å². The first-order chi connectivity index (χ1) is 6.70. The van der Waals surface area contributed by atoms with Crippen LogP contribution in [-0.2, 0) is 0 Å². The van der Waals surface area contributed by atoms with Crippen LogP contribution >= 0.6 is 0 Å². The average Bonchev–Trinajstić information content (AvgIpc) is 2.15. The highest BCUT2D eigenvalue weighted by Crippen LogP contribution is 2.18. The summed E-state index contributed by atoms with van der Waals surface area (Å²) in [7, 11) is 4.32. The molecule has 0 amide bonds. The minimum Gasteiger partial charge on any atom is -0.309 e. The fraction of sp³-hybridized carbons (Fsp3) is 1.00. The Balaban J connectivity index is 3.24. The van der Waals surface area contributed by atoms with Gasteiger partial charge in [-0.3, -0.25) is 0 Å². The number of rotatable bonds is 9. The van der Waals surface area contributed by atoms with Crippen molar-refractivity contribution in [3.8, 4) is 0 Å². The molecule has 0 N–H and O–H groups in total. The smallest absolute Gasteiger partial charge is 0.00248 e. The molecule has 0 aromatic rings. The van der Waals surface area contributed by atoms with Crippen molar-refractivity contribution in [1.82, 2.24) is 4.90 Å². The molecule has 0 aromatic heterocycles. The lowest BCUT2D eigenvalue weighted by Crippen LogP contribution is -2.12. The van der Waals surface area contributed by atoms with E-state index in [1.165, 1.54) is 51.5 Å². The van der Waals surface area contributed by atoms with Gasteiger partial charge >= 0.3 is 0 Å². The summed E-state index contributed by atoms with van der Waals surface area (Å²) in [4.78, 5) is 2.28. The molecule has 86 valence electrons. The highest BCUT2D eigenvalue weighted by molar-refractivity contribution is 4.57. The van der Waals surface area contributed by atoms with Gasteiger partial charge in [-0.05, 0) is 33.0 Å². The van der Waals surface area contributed by atoms with E-state index in [2.05, 4.69) is 32.8 Å². The molecule has 0 radical (unpaired) electrons. The molecule has 0 spiro atoms. The van der Waals surface area contributed by atoms with E-state index in [1.807, 2.05) is 0 Å². The average molecular weight is 199 g/mol. The van der Waals surface area contributed by atoms with Crippen molar-refractivity contribution in [3.05, 3.63) is 0 Å². The molecule has 1 nitrogen and oxygen atoms in total. The minimum atomic E-state index is 0.999. The van der Waals surface area contributed by atoms with E-state index in [9.17, 15) is 0 Å². The van der Waals surface area contributed by atoms with Gasteiger partial charge in [0.1, 0.15) is 0 Å². The Morgan fingerprint density at radius 1 is 0.929 bits per heavy atom. The lowest BCUT2D eigenvalue weighted by molar-refractivity contribution is 0.372. The third-order valence-corrected chi connectivity index (χ3v) is 2.99. The summed E-state index contributed by atoms with van der Waals surface area (Å²) in [5.41, 5.74) is 0. The van der Waals surface area contributed by atoms with Crippen LogP contribution in [0.25, 0.3) is 0 Å². The van der Waals surface area contributed by atoms with E-state index in [-0.39, 0.29) is 0 Å². The summed E-state index contributed by atoms with van der Waals surface area (Å²) < 4.78 is 0. The number of unbranched alkanes of at least 4 members (excludes halogenated alkanes) is 2. The third-order valence-electron chi connectivity index (χ3n) is 2.99. The second-order valence-corrected chi connectivity index (χ2v) is 4.72. The van der Waals surface area contributed by atoms with Gasteiger partial charge < -0.3 is 4.90 Å². The molecule has 14 heavy (non-hydrogen) atoms. The van der Waals surface area contributed by atoms with Crippen LogP contribution < -0.4 is 0 Å². The van der Waals surface area contributed by atoms with Crippen molar-refractivity contribution in [2.75, 3.05) is 20.6 Å². The predicted molar refractivity (Wildman–Crippen MR) is 65.7 cm³/mol. The lowest BCUT2D eigenvalue weighted by Gasteiger charge is -2.14. The molecular formula is C13H29N. The molecule has 1 heteroatoms. The van der Waals surface area contributed by atoms with E-state index in [0.29, 0.717) is 0 Å². The van der Waals surface area contributed by atoms with Crippen LogP contribution in [0, 0.1) is 5.92 Å². The molecule has 0 aromatic carbocycles. The summed E-state index contributed by atoms with van der Waals surface area (Å²) in [6.45, 7) is 5.89. The third kappa shape index (κ3) is 8.55. The van der Waals surface area contributed by atoms with E-state index in [1.54, 1.807) is 0 Å². The zero-order valence-electron chi connectivity index (χ0n) is 10.7. The number of nitrogens with zero attached hydrogens (tertiary/aromatic N) is 1. The van der Waals surface area contributed by atoms with Crippen LogP contribution in [-0.4, -0.2) is 25.5 Å². The van der Waals surface area contributed by atoms with Crippen molar-refractivity contribution >= 4 is 0 Å². The van der Waals surface area contributed by atoms with Crippen molar-refractivity contribution in [1.29, 1.82) is 0 Å². The largest absolute Gasteiger partial charge is 0.309 e. The molecule has 0 heterocycles. The summed E-state index contributed by atoms with van der Waals surface area (Å²) in [5, 5.41) is 0. The Morgan fingerprint density at radius 2 is 1.64 bits per heavy atom. The minimum absolute atomic E-state index is 0.999. The Kier molecular flexibility index (Phi) is 9.49. The maximum atomic E-state index is 2.33. The first-order valence-electron chi connectivity index (χ1n) is 6.35. The van der Waals surface area contributed by atoms with Crippen molar-refractivity contribution in [2.45, 2.75) is 58.8 Å². The van der Waals surface area contributed by atoms with Gasteiger partial charge in [-0.25, -0.2) is 0 Å². The van der Waals surface area contributed by atoms with Gasteiger partial charge in [0.25, 0.3) is 0 Å². The maximum Gasteiger partial charge on any atom is -0.00248 e. The Labute approximate surface area is 90.9 Å². The monoisotopic (exact) mass is 199 g/mol. The highest BCUT2D eigenvalue weighted by atomic mass is 15.0. The van der Waals surface area contributed by atoms with E-state index < -0.39 is 0 Å². The SMILES string of the molecule is CCCC(CC)CCCCCN(C)C. The maximum absolute atomic E-state index is 2.33. The lowest BCUT2D eigenvalue weighted by atomic mass is 9.94. The molecule has 1 atom stereocenters. The summed E-state index contributed by atoms with van der Waals surface area (Å²) in [6.07, 6.45) is 9.85. The Hall–Kier alpha value is -0.0400. The molecule has 0 rings (SSSR count). The molecule has 0 saturated heterocycles. The van der Waals surface area contributed by atoms with Crippen LogP contribution in [0.1, 0.15) is 58.8 Å². The van der Waals surface area contributed by atoms with Crippen LogP contribution in [0.4, 0.5) is 0 Å². The van der Waals surface area contributed by atoms with Crippen LogP contribution in [0.15, 0.2) is 0 Å². The molecule has 0 saturated carbocycles. The van der Waals surface area contributed by atoms with Crippen LogP contribution in [0.5, 0.6) is 0 Å². The molecule has 0 aliphatic carbocycles. The Bertz CT molecular complexity index is 110. The topological polar surface area (TPSA) is 3.24 Å². The van der Waals surface area contributed by atoms with Crippen LogP contribution in [0.3, 0.4) is 0 Å². The molecule has 0 aliphatic rings. The van der Waals surface area contributed by atoms with E-state index in [4.69, 9.17) is 0 Å². The second kappa shape index (κ2) is 9.51. The zero-order valence-corrected chi connectivity index (χ0v) is 10.7. The first-order valence-corrected chi connectivity index (χ1v) is 6.35. The quantitative estimate of drug-likeness (QED) is 0.508. The highest BCUT2D eigenvalue weighted by Gasteiger charge is 2.03. The number of hydrogen-bond donors (Lipinski definition) is 0.